The van der Waals surface area contributed by atoms with Crippen molar-refractivity contribution in [2.75, 3.05) is 60.5 Å². The van der Waals surface area contributed by atoms with Crippen LogP contribution in [-0.2, 0) is 11.0 Å². The van der Waals surface area contributed by atoms with E-state index in [2.05, 4.69) is 53.7 Å². The van der Waals surface area contributed by atoms with E-state index in [0.717, 1.165) is 59.8 Å². The summed E-state index contributed by atoms with van der Waals surface area (Å²) in [6.07, 6.45) is 0.975. The Labute approximate surface area is 258 Å². The zero-order chi connectivity index (χ0) is 30.7. The summed E-state index contributed by atoms with van der Waals surface area (Å²) in [4.78, 5) is 23.4. The summed E-state index contributed by atoms with van der Waals surface area (Å²) in [5, 5.41) is 15.3. The van der Waals surface area contributed by atoms with Crippen LogP contribution < -0.4 is 19.8 Å². The lowest BCUT2D eigenvalue weighted by molar-refractivity contribution is 0.0746. The van der Waals surface area contributed by atoms with Crippen molar-refractivity contribution in [1.29, 1.82) is 5.26 Å². The summed E-state index contributed by atoms with van der Waals surface area (Å²) in [7, 11) is -1.56. The highest BCUT2D eigenvalue weighted by Crippen LogP contribution is 2.34. The number of anilines is 3. The Bertz CT molecular complexity index is 1540. The molecule has 3 aromatic rings. The highest BCUT2D eigenvalue weighted by molar-refractivity contribution is 7.82. The molecule has 0 aliphatic carbocycles. The molecule has 2 aliphatic rings. The second-order valence-corrected chi connectivity index (χ2v) is 12.7. The van der Waals surface area contributed by atoms with E-state index >= 15 is 0 Å². The maximum Gasteiger partial charge on any atom is 0.254 e. The molecule has 0 aromatic heterocycles. The van der Waals surface area contributed by atoms with Gasteiger partial charge >= 0.3 is 0 Å². The minimum absolute atomic E-state index is 0.0566. The fraction of sp³-hybridized carbons (Fsp3) is 0.412. The van der Waals surface area contributed by atoms with Gasteiger partial charge in [-0.05, 0) is 74.6 Å². The van der Waals surface area contributed by atoms with Crippen LogP contribution in [0.2, 0.25) is 0 Å². The first-order chi connectivity index (χ1) is 20.7. The fourth-order valence-electron chi connectivity index (χ4n) is 6.83. The van der Waals surface area contributed by atoms with Crippen LogP contribution in [0.3, 0.4) is 0 Å². The minimum atomic E-state index is -1.56. The first-order valence-corrected chi connectivity index (χ1v) is 16.4. The number of rotatable bonds is 7. The molecule has 226 valence electrons. The maximum absolute atomic E-state index is 13.9. The van der Waals surface area contributed by atoms with Gasteiger partial charge in [0, 0.05) is 63.1 Å². The highest BCUT2D eigenvalue weighted by atomic mass is 32.2. The smallest absolute Gasteiger partial charge is 0.254 e. The van der Waals surface area contributed by atoms with E-state index in [1.807, 2.05) is 54.3 Å². The van der Waals surface area contributed by atoms with Gasteiger partial charge in [0.25, 0.3) is 5.91 Å². The minimum Gasteiger partial charge on any atom is -0.370 e. The highest BCUT2D eigenvalue weighted by Gasteiger charge is 2.33. The first kappa shape index (κ1) is 30.6. The number of piperazine rings is 1. The van der Waals surface area contributed by atoms with Crippen molar-refractivity contribution in [3.8, 4) is 6.07 Å². The number of nitrogens with zero attached hydrogens (tertiary/aromatic N) is 5. The van der Waals surface area contributed by atoms with Crippen LogP contribution in [0.15, 0.2) is 65.6 Å². The van der Waals surface area contributed by atoms with Gasteiger partial charge in [0.15, 0.2) is 0 Å². The Morgan fingerprint density at radius 1 is 0.977 bits per heavy atom. The molecular formula is C34H42N6O2S. The number of carbonyl (C=O) groups excluding carboxylic acids is 1. The predicted molar refractivity (Wildman–Crippen MR) is 175 cm³/mol. The number of carbonyl (C=O) groups is 1. The van der Waals surface area contributed by atoms with E-state index in [1.54, 1.807) is 6.07 Å². The molecule has 3 aromatic carbocycles. The van der Waals surface area contributed by atoms with Crippen LogP contribution in [0, 0.1) is 31.1 Å². The summed E-state index contributed by atoms with van der Waals surface area (Å²) in [6, 6.07) is 22.3. The largest absolute Gasteiger partial charge is 0.370 e. The molecule has 1 amide bonds. The monoisotopic (exact) mass is 598 g/mol. The zero-order valence-electron chi connectivity index (χ0n) is 25.6. The maximum atomic E-state index is 13.9. The van der Waals surface area contributed by atoms with E-state index in [0.29, 0.717) is 43.0 Å². The second-order valence-electron chi connectivity index (χ2n) is 11.7. The second kappa shape index (κ2) is 13.2. The summed E-state index contributed by atoms with van der Waals surface area (Å²) >= 11 is 0. The molecule has 2 saturated heterocycles. The van der Waals surface area contributed by atoms with Gasteiger partial charge < -0.3 is 19.6 Å². The third kappa shape index (κ3) is 6.27. The summed E-state index contributed by atoms with van der Waals surface area (Å²) in [5.74, 6) is 0.431. The molecule has 3 atom stereocenters. The third-order valence-electron chi connectivity index (χ3n) is 9.04. The fourth-order valence-corrected chi connectivity index (χ4v) is 7.45. The Balaban J connectivity index is 1.32. The van der Waals surface area contributed by atoms with Gasteiger partial charge in [-0.25, -0.2) is 9.35 Å². The molecule has 2 N–H and O–H groups in total. The number of para-hydroxylation sites is 2. The Morgan fingerprint density at radius 3 is 2.30 bits per heavy atom. The number of nitrogens with two attached hydrogens (primary N) is 1. The molecule has 0 spiro atoms. The quantitative estimate of drug-likeness (QED) is 0.417. The standard InChI is InChI=1S/C34H42N6O2S/c1-5-40(29-14-15-39(23-26(29)4)30-11-7-6-10-27(30)22-35)32-21-28(24(2)20-25(32)3)34(41)38-18-16-37(17-19-38)31-12-8-9-13-33(31)43(36)42/h6-13,20-21,26,29H,5,14-19,23,36H2,1-4H3. The molecule has 0 radical (unpaired) electrons. The number of hydrogen-bond donors (Lipinski definition) is 1. The van der Waals surface area contributed by atoms with Gasteiger partial charge in [0.2, 0.25) is 0 Å². The lowest BCUT2D eigenvalue weighted by Crippen LogP contribution is -2.51. The lowest BCUT2D eigenvalue weighted by atomic mass is 9.90. The summed E-state index contributed by atoms with van der Waals surface area (Å²) < 4.78 is 12.1. The molecule has 3 unspecified atom stereocenters. The van der Waals surface area contributed by atoms with Gasteiger partial charge in [-0.3, -0.25) is 4.79 Å². The van der Waals surface area contributed by atoms with Crippen LogP contribution in [0.5, 0.6) is 0 Å². The number of amides is 1. The number of nitriles is 1. The van der Waals surface area contributed by atoms with E-state index in [1.165, 1.54) is 5.56 Å². The molecule has 2 fully saturated rings. The SMILES string of the molecule is CCN(c1cc(C(=O)N2CCN(c3ccccc3S(N)=O)CC2)c(C)cc1C)C1CCN(c2ccccc2C#N)CC1C. The molecule has 8 nitrogen and oxygen atoms in total. The predicted octanol–water partition coefficient (Wildman–Crippen LogP) is 4.86. The normalized spacial score (nSPS) is 19.6. The third-order valence-corrected chi connectivity index (χ3v) is 9.82. The van der Waals surface area contributed by atoms with Gasteiger partial charge in [0.05, 0.1) is 21.8 Å². The van der Waals surface area contributed by atoms with E-state index < -0.39 is 11.0 Å². The molecule has 5 rings (SSSR count). The average molecular weight is 599 g/mol. The van der Waals surface area contributed by atoms with Crippen molar-refractivity contribution in [2.24, 2.45) is 11.1 Å². The Morgan fingerprint density at radius 2 is 1.65 bits per heavy atom. The molecule has 0 saturated carbocycles. The molecule has 2 aliphatic heterocycles. The van der Waals surface area contributed by atoms with Gasteiger partial charge in [0.1, 0.15) is 17.1 Å². The Hall–Kier alpha value is -3.87. The van der Waals surface area contributed by atoms with Crippen LogP contribution in [0.25, 0.3) is 0 Å². The van der Waals surface area contributed by atoms with Crippen molar-refractivity contribution in [2.45, 2.75) is 45.1 Å². The van der Waals surface area contributed by atoms with Crippen LogP contribution in [0.1, 0.15) is 47.3 Å². The summed E-state index contributed by atoms with van der Waals surface area (Å²) in [5.41, 5.74) is 6.65. The lowest BCUT2D eigenvalue weighted by Gasteiger charge is -2.45. The van der Waals surface area contributed by atoms with Crippen LogP contribution in [0.4, 0.5) is 17.1 Å². The van der Waals surface area contributed by atoms with Crippen molar-refractivity contribution in [3.63, 3.8) is 0 Å². The molecule has 0 bridgehead atoms. The number of benzene rings is 3. The summed E-state index contributed by atoms with van der Waals surface area (Å²) in [6.45, 7) is 13.7. The van der Waals surface area contributed by atoms with Crippen molar-refractivity contribution in [3.05, 3.63) is 82.9 Å². The van der Waals surface area contributed by atoms with E-state index in [-0.39, 0.29) is 5.91 Å². The van der Waals surface area contributed by atoms with Gasteiger partial charge in [-0.2, -0.15) is 5.26 Å². The van der Waals surface area contributed by atoms with Crippen molar-refractivity contribution >= 4 is 34.0 Å². The number of piperidine rings is 1. The van der Waals surface area contributed by atoms with E-state index in [9.17, 15) is 14.3 Å². The van der Waals surface area contributed by atoms with Crippen LogP contribution >= 0.6 is 0 Å². The first-order valence-electron chi connectivity index (χ1n) is 15.1. The molecule has 2 heterocycles. The number of aryl methyl sites for hydroxylation is 2. The zero-order valence-corrected chi connectivity index (χ0v) is 26.4. The van der Waals surface area contributed by atoms with Gasteiger partial charge in [-0.15, -0.1) is 0 Å². The van der Waals surface area contributed by atoms with Crippen molar-refractivity contribution in [1.82, 2.24) is 4.90 Å². The van der Waals surface area contributed by atoms with Crippen molar-refractivity contribution < 1.29 is 9.00 Å². The average Bonchev–Trinajstić information content (AvgIpc) is 3.02. The number of hydrogen-bond acceptors (Lipinski definition) is 6. The molecule has 43 heavy (non-hydrogen) atoms. The van der Waals surface area contributed by atoms with Gasteiger partial charge in [-0.1, -0.05) is 37.3 Å². The topological polar surface area (TPSA) is 96.9 Å². The Kier molecular flexibility index (Phi) is 9.38. The van der Waals surface area contributed by atoms with E-state index in [4.69, 9.17) is 5.14 Å². The molecule has 9 heteroatoms. The molecular weight excluding hydrogens is 556 g/mol. The van der Waals surface area contributed by atoms with Crippen LogP contribution in [-0.4, -0.2) is 66.9 Å².